The fraction of sp³-hybridized carbons (Fsp3) is 0.500. The predicted molar refractivity (Wildman–Crippen MR) is 75.0 cm³/mol. The van der Waals surface area contributed by atoms with Crippen molar-refractivity contribution in [3.8, 4) is 0 Å². The third kappa shape index (κ3) is 4.47. The second-order valence-corrected chi connectivity index (χ2v) is 5.09. The van der Waals surface area contributed by atoms with E-state index >= 15 is 0 Å². The minimum atomic E-state index is -1.08. The van der Waals surface area contributed by atoms with Gasteiger partial charge in [0.15, 0.2) is 0 Å². The number of nitrogen functional groups attached to an aromatic ring is 1. The zero-order valence-corrected chi connectivity index (χ0v) is 12.0. The number of anilines is 1. The van der Waals surface area contributed by atoms with Crippen LogP contribution >= 0.6 is 0 Å². The van der Waals surface area contributed by atoms with Crippen molar-refractivity contribution in [2.45, 2.75) is 25.9 Å². The second kappa shape index (κ2) is 6.67. The van der Waals surface area contributed by atoms with Crippen LogP contribution in [-0.4, -0.2) is 36.9 Å². The number of aliphatic hydroxyl groups is 1. The standard InChI is InChI=1S/C14H21FN2O3/c1-9-11(15)6-10(7-12(9)16)13(18)17-8-14(2,19)4-5-20-3/h6-7,19H,4-5,8,16H2,1-3H3,(H,17,18). The van der Waals surface area contributed by atoms with E-state index in [1.165, 1.54) is 13.2 Å². The first kappa shape index (κ1) is 16.4. The van der Waals surface area contributed by atoms with Gasteiger partial charge in [0, 0.05) is 43.5 Å². The monoisotopic (exact) mass is 284 g/mol. The van der Waals surface area contributed by atoms with Crippen molar-refractivity contribution in [3.63, 3.8) is 0 Å². The first-order valence-electron chi connectivity index (χ1n) is 6.32. The van der Waals surface area contributed by atoms with E-state index in [1.54, 1.807) is 13.8 Å². The number of nitrogens with one attached hydrogen (secondary N) is 1. The number of carbonyl (C=O) groups excluding carboxylic acids is 1. The number of halogens is 1. The molecule has 6 heteroatoms. The summed E-state index contributed by atoms with van der Waals surface area (Å²) in [6, 6.07) is 2.54. The molecule has 1 aromatic carbocycles. The summed E-state index contributed by atoms with van der Waals surface area (Å²) in [7, 11) is 1.53. The van der Waals surface area contributed by atoms with E-state index in [1.807, 2.05) is 0 Å². The van der Waals surface area contributed by atoms with Gasteiger partial charge in [-0.3, -0.25) is 4.79 Å². The molecule has 4 N–H and O–H groups in total. The van der Waals surface area contributed by atoms with Crippen LogP contribution in [-0.2, 0) is 4.74 Å². The normalized spacial score (nSPS) is 13.8. The van der Waals surface area contributed by atoms with Crippen LogP contribution in [0, 0.1) is 12.7 Å². The summed E-state index contributed by atoms with van der Waals surface area (Å²) < 4.78 is 18.4. The highest BCUT2D eigenvalue weighted by Gasteiger charge is 2.21. The Balaban J connectivity index is 2.68. The molecule has 112 valence electrons. The van der Waals surface area contributed by atoms with Gasteiger partial charge in [-0.15, -0.1) is 0 Å². The fourth-order valence-corrected chi connectivity index (χ4v) is 1.61. The minimum Gasteiger partial charge on any atom is -0.398 e. The Kier molecular flexibility index (Phi) is 5.47. The number of rotatable bonds is 6. The van der Waals surface area contributed by atoms with Crippen LogP contribution in [0.5, 0.6) is 0 Å². The molecule has 0 heterocycles. The Morgan fingerprint density at radius 3 is 2.75 bits per heavy atom. The van der Waals surface area contributed by atoms with E-state index < -0.39 is 17.3 Å². The van der Waals surface area contributed by atoms with Crippen LogP contribution in [0.4, 0.5) is 10.1 Å². The van der Waals surface area contributed by atoms with Gasteiger partial charge in [0.1, 0.15) is 5.82 Å². The van der Waals surface area contributed by atoms with Crippen LogP contribution in [0.25, 0.3) is 0 Å². The van der Waals surface area contributed by atoms with Gasteiger partial charge in [-0.05, 0) is 26.0 Å². The molecule has 1 rings (SSSR count). The average molecular weight is 284 g/mol. The van der Waals surface area contributed by atoms with E-state index in [0.717, 1.165) is 6.07 Å². The van der Waals surface area contributed by atoms with Crippen molar-refractivity contribution in [1.82, 2.24) is 5.32 Å². The lowest BCUT2D eigenvalue weighted by Crippen LogP contribution is -2.41. The Morgan fingerprint density at radius 1 is 1.55 bits per heavy atom. The SMILES string of the molecule is COCCC(C)(O)CNC(=O)c1cc(N)c(C)c(F)c1. The van der Waals surface area contributed by atoms with Crippen molar-refractivity contribution in [2.24, 2.45) is 0 Å². The molecule has 1 atom stereocenters. The lowest BCUT2D eigenvalue weighted by Gasteiger charge is -2.23. The second-order valence-electron chi connectivity index (χ2n) is 5.09. The molecule has 0 aliphatic rings. The zero-order valence-electron chi connectivity index (χ0n) is 12.0. The quantitative estimate of drug-likeness (QED) is 0.686. The van der Waals surface area contributed by atoms with E-state index in [-0.39, 0.29) is 17.8 Å². The van der Waals surface area contributed by atoms with Gasteiger partial charge in [0.25, 0.3) is 5.91 Å². The molecule has 0 aromatic heterocycles. The number of amides is 1. The van der Waals surface area contributed by atoms with E-state index in [4.69, 9.17) is 10.5 Å². The molecular weight excluding hydrogens is 263 g/mol. The molecule has 20 heavy (non-hydrogen) atoms. The highest BCUT2D eigenvalue weighted by Crippen LogP contribution is 2.17. The van der Waals surface area contributed by atoms with Crippen LogP contribution in [0.15, 0.2) is 12.1 Å². The topological polar surface area (TPSA) is 84.6 Å². The number of hydrogen-bond donors (Lipinski definition) is 3. The zero-order chi connectivity index (χ0) is 15.3. The molecule has 1 amide bonds. The molecule has 0 aliphatic heterocycles. The Morgan fingerprint density at radius 2 is 2.20 bits per heavy atom. The van der Waals surface area contributed by atoms with E-state index in [9.17, 15) is 14.3 Å². The minimum absolute atomic E-state index is 0.0462. The molecule has 0 bridgehead atoms. The summed E-state index contributed by atoms with van der Waals surface area (Å²) in [4.78, 5) is 11.9. The summed E-state index contributed by atoms with van der Waals surface area (Å²) in [6.07, 6.45) is 0.383. The molecule has 0 saturated carbocycles. The van der Waals surface area contributed by atoms with Crippen LogP contribution in [0.1, 0.15) is 29.3 Å². The molecule has 5 nitrogen and oxygen atoms in total. The maximum Gasteiger partial charge on any atom is 0.251 e. The fourth-order valence-electron chi connectivity index (χ4n) is 1.61. The highest BCUT2D eigenvalue weighted by atomic mass is 19.1. The average Bonchev–Trinajstić information content (AvgIpc) is 2.39. The number of ether oxygens (including phenoxy) is 1. The van der Waals surface area contributed by atoms with Gasteiger partial charge in [0.2, 0.25) is 0 Å². The smallest absolute Gasteiger partial charge is 0.251 e. The third-order valence-corrected chi connectivity index (χ3v) is 3.12. The Labute approximate surface area is 117 Å². The van der Waals surface area contributed by atoms with Gasteiger partial charge >= 0.3 is 0 Å². The van der Waals surface area contributed by atoms with Gasteiger partial charge < -0.3 is 20.9 Å². The molecule has 1 aromatic rings. The maximum atomic E-state index is 13.5. The third-order valence-electron chi connectivity index (χ3n) is 3.12. The van der Waals surface area contributed by atoms with Crippen molar-refractivity contribution >= 4 is 11.6 Å². The van der Waals surface area contributed by atoms with Gasteiger partial charge in [0.05, 0.1) is 5.60 Å². The molecule has 0 aliphatic carbocycles. The maximum absolute atomic E-state index is 13.5. The Bertz CT molecular complexity index is 466. The van der Waals surface area contributed by atoms with Crippen molar-refractivity contribution in [1.29, 1.82) is 0 Å². The van der Waals surface area contributed by atoms with Crippen molar-refractivity contribution in [3.05, 3.63) is 29.1 Å². The van der Waals surface area contributed by atoms with Gasteiger partial charge in [-0.25, -0.2) is 4.39 Å². The molecular formula is C14H21FN2O3. The summed E-state index contributed by atoms with van der Waals surface area (Å²) in [5, 5.41) is 12.6. The lowest BCUT2D eigenvalue weighted by atomic mass is 10.0. The van der Waals surface area contributed by atoms with E-state index in [0.29, 0.717) is 18.6 Å². The van der Waals surface area contributed by atoms with Crippen molar-refractivity contribution in [2.75, 3.05) is 26.0 Å². The Hall–Kier alpha value is -1.66. The van der Waals surface area contributed by atoms with Gasteiger partial charge in [-0.2, -0.15) is 0 Å². The molecule has 1 unspecified atom stereocenters. The number of carbonyl (C=O) groups is 1. The highest BCUT2D eigenvalue weighted by molar-refractivity contribution is 5.95. The first-order chi connectivity index (χ1) is 9.26. The molecule has 0 fully saturated rings. The number of hydrogen-bond acceptors (Lipinski definition) is 4. The number of benzene rings is 1. The largest absolute Gasteiger partial charge is 0.398 e. The number of nitrogens with two attached hydrogens (primary N) is 1. The van der Waals surface area contributed by atoms with Crippen molar-refractivity contribution < 1.29 is 19.0 Å². The molecule has 0 radical (unpaired) electrons. The summed E-state index contributed by atoms with van der Waals surface area (Å²) in [5.41, 5.74) is 5.21. The molecule has 0 spiro atoms. The number of methoxy groups -OCH3 is 1. The first-order valence-corrected chi connectivity index (χ1v) is 6.32. The summed E-state index contributed by atoms with van der Waals surface area (Å²) in [6.45, 7) is 3.57. The van der Waals surface area contributed by atoms with Crippen LogP contribution in [0.2, 0.25) is 0 Å². The van der Waals surface area contributed by atoms with Gasteiger partial charge in [-0.1, -0.05) is 0 Å². The van der Waals surface area contributed by atoms with E-state index in [2.05, 4.69) is 5.32 Å². The van der Waals surface area contributed by atoms with Crippen LogP contribution < -0.4 is 11.1 Å². The lowest BCUT2D eigenvalue weighted by molar-refractivity contribution is 0.0243. The predicted octanol–water partition coefficient (Wildman–Crippen LogP) is 1.23. The van der Waals surface area contributed by atoms with Crippen LogP contribution in [0.3, 0.4) is 0 Å². The molecule has 0 saturated heterocycles. The summed E-state index contributed by atoms with van der Waals surface area (Å²) in [5.74, 6) is -1.01. The summed E-state index contributed by atoms with van der Waals surface area (Å²) >= 11 is 0.